The molecule has 0 spiro atoms. The number of hydrogen-bond acceptors (Lipinski definition) is 4. The molecule has 3 amide bonds. The van der Waals surface area contributed by atoms with E-state index in [2.05, 4.69) is 4.98 Å². The maximum Gasteiger partial charge on any atom is 0.329 e. The lowest BCUT2D eigenvalue weighted by atomic mass is 9.90. The van der Waals surface area contributed by atoms with Gasteiger partial charge in [0.05, 0.1) is 0 Å². The van der Waals surface area contributed by atoms with Gasteiger partial charge in [-0.05, 0) is 42.5 Å². The summed E-state index contributed by atoms with van der Waals surface area (Å²) >= 11 is 0. The summed E-state index contributed by atoms with van der Waals surface area (Å²) in [7, 11) is 0. The minimum Gasteiger partial charge on any atom is -0.480 e. The Morgan fingerprint density at radius 2 is 1.70 bits per heavy atom. The third-order valence-corrected chi connectivity index (χ3v) is 5.33. The molecule has 1 aliphatic rings. The van der Waals surface area contributed by atoms with Crippen LogP contribution in [0.15, 0.2) is 54.9 Å². The molecule has 30 heavy (non-hydrogen) atoms. The van der Waals surface area contributed by atoms with Crippen LogP contribution in [-0.4, -0.2) is 43.8 Å². The molecule has 3 rings (SSSR count). The molecule has 0 radical (unpaired) electrons. The molecule has 1 fully saturated rings. The Kier molecular flexibility index (Phi) is 7.21. The number of pyridine rings is 1. The Bertz CT molecular complexity index is 907. The first kappa shape index (κ1) is 23.3. The Labute approximate surface area is 182 Å². The molecule has 0 aliphatic carbocycles. The van der Waals surface area contributed by atoms with E-state index in [0.29, 0.717) is 5.56 Å². The number of benzene rings is 1. The van der Waals surface area contributed by atoms with Gasteiger partial charge >= 0.3 is 12.0 Å². The number of aromatic nitrogens is 1. The Morgan fingerprint density at radius 3 is 2.23 bits per heavy atom. The van der Waals surface area contributed by atoms with Crippen LogP contribution in [0.25, 0.3) is 0 Å². The van der Waals surface area contributed by atoms with Gasteiger partial charge in [0, 0.05) is 18.9 Å². The van der Waals surface area contributed by atoms with Gasteiger partial charge in [-0.25, -0.2) is 14.5 Å². The monoisotopic (exact) mass is 431 g/mol. The number of urea groups is 1. The molecule has 2 heterocycles. The molecule has 1 aliphatic heterocycles. The highest BCUT2D eigenvalue weighted by Gasteiger charge is 2.58. The van der Waals surface area contributed by atoms with Crippen molar-refractivity contribution in [2.24, 2.45) is 5.92 Å². The third-order valence-electron chi connectivity index (χ3n) is 5.33. The molecular formula is C22H26ClN3O4. The number of rotatable bonds is 7. The normalized spacial score (nSPS) is 19.7. The van der Waals surface area contributed by atoms with Gasteiger partial charge in [-0.3, -0.25) is 9.78 Å². The zero-order valence-electron chi connectivity index (χ0n) is 17.2. The van der Waals surface area contributed by atoms with Crippen molar-refractivity contribution in [3.63, 3.8) is 0 Å². The fraction of sp³-hybridized carbons (Fsp3) is 0.364. The minimum absolute atomic E-state index is 0. The van der Waals surface area contributed by atoms with Gasteiger partial charge in [0.15, 0.2) is 0 Å². The second kappa shape index (κ2) is 9.26. The Morgan fingerprint density at radius 1 is 1.10 bits per heavy atom. The predicted molar refractivity (Wildman–Crippen MR) is 114 cm³/mol. The molecule has 1 aromatic carbocycles. The quantitative estimate of drug-likeness (QED) is 0.675. The summed E-state index contributed by atoms with van der Waals surface area (Å²) in [5, 5.41) is 9.76. The van der Waals surface area contributed by atoms with Crippen molar-refractivity contribution in [1.29, 1.82) is 0 Å². The summed E-state index contributed by atoms with van der Waals surface area (Å²) in [6, 6.07) is 10.9. The van der Waals surface area contributed by atoms with Crippen molar-refractivity contribution in [3.8, 4) is 0 Å². The van der Waals surface area contributed by atoms with Crippen LogP contribution in [0.2, 0.25) is 0 Å². The molecule has 1 aromatic heterocycles. The largest absolute Gasteiger partial charge is 0.480 e. The van der Waals surface area contributed by atoms with E-state index in [4.69, 9.17) is 0 Å². The van der Waals surface area contributed by atoms with Gasteiger partial charge in [-0.2, -0.15) is 0 Å². The van der Waals surface area contributed by atoms with Crippen molar-refractivity contribution < 1.29 is 19.5 Å². The summed E-state index contributed by atoms with van der Waals surface area (Å²) in [4.78, 5) is 45.3. The molecule has 0 saturated carbocycles. The number of halogens is 1. The van der Waals surface area contributed by atoms with Crippen LogP contribution >= 0.6 is 12.4 Å². The van der Waals surface area contributed by atoms with Gasteiger partial charge in [0.1, 0.15) is 11.6 Å². The molecule has 7 nitrogen and oxygen atoms in total. The second-order valence-corrected chi connectivity index (χ2v) is 7.82. The lowest BCUT2D eigenvalue weighted by Gasteiger charge is -2.32. The summed E-state index contributed by atoms with van der Waals surface area (Å²) in [6.07, 6.45) is 3.31. The van der Waals surface area contributed by atoms with Gasteiger partial charge in [-0.15, -0.1) is 12.4 Å². The molecule has 1 N–H and O–H groups in total. The summed E-state index contributed by atoms with van der Waals surface area (Å²) in [5.74, 6) is -1.70. The topological polar surface area (TPSA) is 90.8 Å². The zero-order valence-corrected chi connectivity index (χ0v) is 18.0. The molecule has 1 saturated heterocycles. The second-order valence-electron chi connectivity index (χ2n) is 7.82. The average Bonchev–Trinajstić information content (AvgIpc) is 2.89. The van der Waals surface area contributed by atoms with E-state index in [9.17, 15) is 19.5 Å². The maximum absolute atomic E-state index is 13.5. The van der Waals surface area contributed by atoms with E-state index in [1.807, 2.05) is 44.2 Å². The highest BCUT2D eigenvalue weighted by molar-refractivity contribution is 6.09. The number of carboxylic acids is 1. The number of nitrogens with zero attached hydrogens (tertiary/aromatic N) is 3. The van der Waals surface area contributed by atoms with E-state index in [-0.39, 0.29) is 31.3 Å². The summed E-state index contributed by atoms with van der Waals surface area (Å²) < 4.78 is 0. The smallest absolute Gasteiger partial charge is 0.329 e. The van der Waals surface area contributed by atoms with E-state index >= 15 is 0 Å². The van der Waals surface area contributed by atoms with Crippen LogP contribution in [0.4, 0.5) is 4.79 Å². The van der Waals surface area contributed by atoms with Crippen molar-refractivity contribution in [1.82, 2.24) is 14.8 Å². The van der Waals surface area contributed by atoms with Gasteiger partial charge in [0.25, 0.3) is 5.91 Å². The zero-order chi connectivity index (χ0) is 21.2. The molecule has 160 valence electrons. The molecule has 1 unspecified atom stereocenters. The number of hydrogen-bond donors (Lipinski definition) is 1. The first-order valence-electron chi connectivity index (χ1n) is 9.59. The summed E-state index contributed by atoms with van der Waals surface area (Å²) in [5.41, 5.74) is 0.130. The number of imide groups is 1. The van der Waals surface area contributed by atoms with Crippen LogP contribution in [0.5, 0.6) is 0 Å². The number of carboxylic acid groups (broad SMARTS) is 1. The van der Waals surface area contributed by atoms with Crippen LogP contribution in [0, 0.1) is 5.92 Å². The van der Waals surface area contributed by atoms with E-state index in [1.165, 1.54) is 4.90 Å². The van der Waals surface area contributed by atoms with Gasteiger partial charge in [0.2, 0.25) is 0 Å². The first-order chi connectivity index (χ1) is 13.8. The first-order valence-corrected chi connectivity index (χ1v) is 9.59. The molecule has 2 atom stereocenters. The summed E-state index contributed by atoms with van der Waals surface area (Å²) in [6.45, 7) is 5.59. The van der Waals surface area contributed by atoms with Crippen molar-refractivity contribution in [3.05, 3.63) is 66.0 Å². The molecule has 8 heteroatoms. The maximum atomic E-state index is 13.5. The van der Waals surface area contributed by atoms with Crippen LogP contribution in [0.1, 0.15) is 38.3 Å². The van der Waals surface area contributed by atoms with Crippen molar-refractivity contribution in [2.75, 3.05) is 0 Å². The fourth-order valence-electron chi connectivity index (χ4n) is 3.74. The molecule has 2 aromatic rings. The lowest BCUT2D eigenvalue weighted by Crippen LogP contribution is -2.47. The standard InChI is InChI=1S/C22H25N3O4.ClH/c1-15(2)13-18(19(26)27)25-20(28)22(3,17-9-11-23-12-10-17)24(21(25)29)14-16-7-5-4-6-8-16;/h4-12,15,18H,13-14H2,1-3H3,(H,26,27);1H/t18-,22?;/m0./s1. The minimum atomic E-state index is -1.32. The van der Waals surface area contributed by atoms with Crippen molar-refractivity contribution in [2.45, 2.75) is 45.3 Å². The van der Waals surface area contributed by atoms with Crippen molar-refractivity contribution >= 4 is 30.3 Å². The van der Waals surface area contributed by atoms with Crippen LogP contribution in [-0.2, 0) is 21.7 Å². The third kappa shape index (κ3) is 4.16. The predicted octanol–water partition coefficient (Wildman–Crippen LogP) is 3.68. The van der Waals surface area contributed by atoms with E-state index in [1.54, 1.807) is 31.5 Å². The Hall–Kier alpha value is -2.93. The number of aliphatic carboxylic acids is 1. The van der Waals surface area contributed by atoms with Crippen LogP contribution < -0.4 is 0 Å². The number of amides is 3. The van der Waals surface area contributed by atoms with Gasteiger partial charge in [-0.1, -0.05) is 44.2 Å². The number of carbonyl (C=O) groups excluding carboxylic acids is 2. The average molecular weight is 432 g/mol. The molecular weight excluding hydrogens is 406 g/mol. The van der Waals surface area contributed by atoms with Crippen LogP contribution in [0.3, 0.4) is 0 Å². The highest BCUT2D eigenvalue weighted by atomic mass is 35.5. The Balaban J connectivity index is 0.00000320. The van der Waals surface area contributed by atoms with Gasteiger partial charge < -0.3 is 10.0 Å². The van der Waals surface area contributed by atoms with E-state index < -0.39 is 29.5 Å². The SMILES string of the molecule is CC(C)C[C@@H](C(=O)O)N1C(=O)N(Cc2ccccc2)C(C)(c2ccncc2)C1=O.Cl. The molecule has 0 bridgehead atoms. The van der Waals surface area contributed by atoms with E-state index in [0.717, 1.165) is 10.5 Å². The fourth-order valence-corrected chi connectivity index (χ4v) is 3.74. The highest BCUT2D eigenvalue weighted by Crippen LogP contribution is 2.40. The lowest BCUT2D eigenvalue weighted by molar-refractivity contribution is -0.148. The number of carbonyl (C=O) groups is 3.